The number of rotatable bonds is 8. The van der Waals surface area contributed by atoms with E-state index >= 15 is 0 Å². The van der Waals surface area contributed by atoms with Crippen molar-refractivity contribution in [3.8, 4) is 0 Å². The van der Waals surface area contributed by atoms with Crippen LogP contribution in [-0.2, 0) is 0 Å². The molecule has 1 atom stereocenters. The van der Waals surface area contributed by atoms with Crippen LogP contribution in [0.2, 0.25) is 0 Å². The normalized spacial score (nSPS) is 33.0. The summed E-state index contributed by atoms with van der Waals surface area (Å²) in [5.41, 5.74) is 1.69. The Kier molecular flexibility index (Phi) is 12.9. The fraction of sp³-hybridized carbons (Fsp3) is 0.737. The topological polar surface area (TPSA) is 0 Å². The fourth-order valence-corrected chi connectivity index (χ4v) is 12.6. The third-order valence-electron chi connectivity index (χ3n) is 11.5. The van der Waals surface area contributed by atoms with E-state index in [0.29, 0.717) is 29.0 Å². The minimum atomic E-state index is 0.636. The molecule has 3 fully saturated rings. The zero-order chi connectivity index (χ0) is 27.6. The molecule has 0 saturated heterocycles. The number of hydrogen-bond acceptors (Lipinski definition) is 0. The van der Waals surface area contributed by atoms with Gasteiger partial charge in [0.2, 0.25) is 0 Å². The van der Waals surface area contributed by atoms with Crippen LogP contribution in [0.4, 0.5) is 0 Å². The molecule has 0 nitrogen and oxygen atoms in total. The van der Waals surface area contributed by atoms with E-state index in [1.807, 2.05) is 0 Å². The van der Waals surface area contributed by atoms with Crippen molar-refractivity contribution in [1.82, 2.24) is 0 Å². The Morgan fingerprint density at radius 1 is 0.600 bits per heavy atom. The third kappa shape index (κ3) is 8.88. The van der Waals surface area contributed by atoms with E-state index < -0.39 is 0 Å². The first-order valence-corrected chi connectivity index (χ1v) is 21.2. The van der Waals surface area contributed by atoms with E-state index in [1.165, 1.54) is 109 Å². The first-order chi connectivity index (χ1) is 19.7. The molecule has 0 aliphatic heterocycles. The summed E-state index contributed by atoms with van der Waals surface area (Å²) < 4.78 is 3.45. The van der Waals surface area contributed by atoms with E-state index in [-0.39, 0.29) is 0 Å². The first kappa shape index (κ1) is 31.2. The van der Waals surface area contributed by atoms with Crippen LogP contribution in [0.1, 0.15) is 151 Å². The molecule has 0 aromatic carbocycles. The van der Waals surface area contributed by atoms with Gasteiger partial charge in [0, 0.05) is 0 Å². The van der Waals surface area contributed by atoms with Crippen molar-refractivity contribution >= 4 is 34.6 Å². The molecule has 0 amide bonds. The Morgan fingerprint density at radius 3 is 1.62 bits per heavy atom. The van der Waals surface area contributed by atoms with Crippen LogP contribution in [0.5, 0.6) is 0 Å². The Labute approximate surface area is 259 Å². The first-order valence-electron chi connectivity index (χ1n) is 17.5. The Morgan fingerprint density at radius 2 is 1.15 bits per heavy atom. The van der Waals surface area contributed by atoms with Gasteiger partial charge in [-0.05, 0) is 0 Å². The van der Waals surface area contributed by atoms with Crippen molar-refractivity contribution in [2.75, 3.05) is 0 Å². The number of allylic oxidation sites excluding steroid dienone is 2. The Balaban J connectivity index is 0.000000161. The van der Waals surface area contributed by atoms with Crippen LogP contribution in [0.3, 0.4) is 0 Å². The van der Waals surface area contributed by atoms with E-state index in [4.69, 9.17) is 0 Å². The van der Waals surface area contributed by atoms with E-state index in [0.717, 1.165) is 41.4 Å². The van der Waals surface area contributed by atoms with Crippen LogP contribution < -0.4 is 0 Å². The second-order valence-corrected chi connectivity index (χ2v) is 18.1. The van der Waals surface area contributed by atoms with Gasteiger partial charge in [0.1, 0.15) is 0 Å². The average molecular weight is 673 g/mol. The van der Waals surface area contributed by atoms with Crippen molar-refractivity contribution in [1.29, 1.82) is 0 Å². The van der Waals surface area contributed by atoms with Gasteiger partial charge in [0.25, 0.3) is 0 Å². The van der Waals surface area contributed by atoms with Crippen LogP contribution in [-0.4, -0.2) is 29.0 Å². The molecule has 0 spiro atoms. The van der Waals surface area contributed by atoms with Crippen molar-refractivity contribution < 1.29 is 0 Å². The van der Waals surface area contributed by atoms with Crippen molar-refractivity contribution in [3.63, 3.8) is 0 Å². The monoisotopic (exact) mass is 674 g/mol. The molecule has 2 aromatic rings. The van der Waals surface area contributed by atoms with Gasteiger partial charge in [0.05, 0.1) is 0 Å². The van der Waals surface area contributed by atoms with Gasteiger partial charge >= 0.3 is 261 Å². The minimum absolute atomic E-state index is 0.636. The summed E-state index contributed by atoms with van der Waals surface area (Å²) in [6.45, 7) is 4.69. The molecule has 1 unspecified atom stereocenters. The summed E-state index contributed by atoms with van der Waals surface area (Å²) in [7, 11) is 0. The summed E-state index contributed by atoms with van der Waals surface area (Å²) in [6, 6.07) is 9.30. The second kappa shape index (κ2) is 16.5. The summed E-state index contributed by atoms with van der Waals surface area (Å²) in [5.74, 6) is 7.30. The molecule has 0 bridgehead atoms. The molecular weight excluding hydrogens is 614 g/mol. The second-order valence-electron chi connectivity index (χ2n) is 14.0. The predicted molar refractivity (Wildman–Crippen MR) is 177 cm³/mol. The molecule has 222 valence electrons. The standard InChI is InChI=1S/C19H30Se.C19H28Se/c2*1-2-4-15-6-8-16(9-7-15)17-10-12-18(13-11-17)19-5-3-14-20-19/h3,5,14-18H,2,4,6-13H2,1H3;3,5,12,14-17H,2,4,6-11,13H2,1H3. The Bertz CT molecular complexity index is 945. The summed E-state index contributed by atoms with van der Waals surface area (Å²) in [5, 5.41) is 0. The third-order valence-corrected chi connectivity index (χ3v) is 15.7. The van der Waals surface area contributed by atoms with Gasteiger partial charge < -0.3 is 0 Å². The van der Waals surface area contributed by atoms with Crippen LogP contribution in [0.15, 0.2) is 40.2 Å². The maximum absolute atomic E-state index is 2.59. The predicted octanol–water partition coefficient (Wildman–Crippen LogP) is 11.2. The average Bonchev–Trinajstić information content (AvgIpc) is 3.75. The van der Waals surface area contributed by atoms with E-state index in [1.54, 1.807) is 27.3 Å². The molecule has 4 aliphatic rings. The van der Waals surface area contributed by atoms with Crippen molar-refractivity contribution in [3.05, 3.63) is 49.1 Å². The summed E-state index contributed by atoms with van der Waals surface area (Å²) in [6.07, 6.45) is 30.8. The van der Waals surface area contributed by atoms with Gasteiger partial charge in [-0.3, -0.25) is 0 Å². The van der Waals surface area contributed by atoms with Gasteiger partial charge in [-0.15, -0.1) is 0 Å². The molecule has 6 rings (SSSR count). The van der Waals surface area contributed by atoms with E-state index in [2.05, 4.69) is 54.1 Å². The molecule has 2 aromatic heterocycles. The Hall–Kier alpha value is -0.261. The summed E-state index contributed by atoms with van der Waals surface area (Å²) in [4.78, 5) is 4.74. The molecule has 2 heterocycles. The van der Waals surface area contributed by atoms with Gasteiger partial charge in [-0.25, -0.2) is 0 Å². The van der Waals surface area contributed by atoms with Crippen molar-refractivity contribution in [2.45, 2.75) is 142 Å². The van der Waals surface area contributed by atoms with Gasteiger partial charge in [0.15, 0.2) is 0 Å². The number of hydrogen-bond donors (Lipinski definition) is 0. The zero-order valence-electron chi connectivity index (χ0n) is 25.8. The molecule has 0 N–H and O–H groups in total. The molecule has 0 radical (unpaired) electrons. The van der Waals surface area contributed by atoms with Crippen LogP contribution >= 0.6 is 0 Å². The van der Waals surface area contributed by atoms with Crippen molar-refractivity contribution in [2.24, 2.45) is 35.5 Å². The molecular formula is C38H58Se2. The SMILES string of the molecule is CCCC1CCC(C2CC=C(c3ccc[se]3)CC2)CC1.CCCC1CCC(C2CCC(c3ccc[se]3)CC2)CC1. The molecule has 4 aliphatic carbocycles. The maximum atomic E-state index is 2.59. The van der Waals surface area contributed by atoms with Crippen LogP contribution in [0, 0.1) is 35.5 Å². The zero-order valence-corrected chi connectivity index (χ0v) is 29.3. The molecule has 3 saturated carbocycles. The quantitative estimate of drug-likeness (QED) is 0.245. The molecule has 2 heteroatoms. The van der Waals surface area contributed by atoms with E-state index in [9.17, 15) is 0 Å². The fourth-order valence-electron chi connectivity index (χ4n) is 9.08. The van der Waals surface area contributed by atoms with Gasteiger partial charge in [-0.1, -0.05) is 0 Å². The van der Waals surface area contributed by atoms with Crippen LogP contribution in [0.25, 0.3) is 5.57 Å². The van der Waals surface area contributed by atoms with Gasteiger partial charge in [-0.2, -0.15) is 0 Å². The summed E-state index contributed by atoms with van der Waals surface area (Å²) >= 11 is 1.34. The molecule has 40 heavy (non-hydrogen) atoms.